The van der Waals surface area contributed by atoms with Gasteiger partial charge in [0.05, 0.1) is 17.3 Å². The van der Waals surface area contributed by atoms with Crippen LogP contribution >= 0.6 is 0 Å². The fourth-order valence-corrected chi connectivity index (χ4v) is 2.14. The Morgan fingerprint density at radius 1 is 1.19 bits per heavy atom. The van der Waals surface area contributed by atoms with E-state index >= 15 is 0 Å². The summed E-state index contributed by atoms with van der Waals surface area (Å²) in [4.78, 5) is 11.8. The molecular weight excluding hydrogens is 266 g/mol. The molecule has 0 aliphatic carbocycles. The quantitative estimate of drug-likeness (QED) is 0.775. The largest absolute Gasteiger partial charge is 0.459 e. The Morgan fingerprint density at radius 2 is 1.76 bits per heavy atom. The van der Waals surface area contributed by atoms with E-state index in [1.54, 1.807) is 19.2 Å². The lowest BCUT2D eigenvalue weighted by Gasteiger charge is -2.27. The van der Waals surface area contributed by atoms with Gasteiger partial charge in [-0.25, -0.2) is 4.79 Å². The molecule has 0 bridgehead atoms. The molecule has 1 aromatic rings. The van der Waals surface area contributed by atoms with E-state index in [-0.39, 0.29) is 23.7 Å². The second-order valence-corrected chi connectivity index (χ2v) is 6.24. The average molecular weight is 293 g/mol. The molecule has 0 amide bonds. The van der Waals surface area contributed by atoms with E-state index in [9.17, 15) is 4.79 Å². The third-order valence-electron chi connectivity index (χ3n) is 3.23. The lowest BCUT2D eigenvalue weighted by Crippen LogP contribution is -2.31. The Morgan fingerprint density at radius 3 is 2.24 bits per heavy atom. The van der Waals surface area contributed by atoms with E-state index in [0.717, 1.165) is 12.1 Å². The maximum atomic E-state index is 11.8. The van der Waals surface area contributed by atoms with Gasteiger partial charge in [0.1, 0.15) is 0 Å². The molecule has 0 radical (unpaired) electrons. The minimum absolute atomic E-state index is 0.105. The predicted molar refractivity (Wildman–Crippen MR) is 85.8 cm³/mol. The zero-order valence-corrected chi connectivity index (χ0v) is 13.9. The van der Waals surface area contributed by atoms with Gasteiger partial charge in [-0.3, -0.25) is 0 Å². The van der Waals surface area contributed by atoms with E-state index in [1.165, 1.54) is 0 Å². The molecule has 0 heterocycles. The molecule has 0 spiro atoms. The van der Waals surface area contributed by atoms with Crippen LogP contribution in [-0.2, 0) is 9.47 Å². The summed E-state index contributed by atoms with van der Waals surface area (Å²) in [5.41, 5.74) is 1.39. The Hall–Kier alpha value is -1.55. The Kier molecular flexibility index (Phi) is 6.21. The highest BCUT2D eigenvalue weighted by atomic mass is 16.5. The van der Waals surface area contributed by atoms with Crippen molar-refractivity contribution < 1.29 is 14.3 Å². The molecule has 4 heteroatoms. The first-order valence-corrected chi connectivity index (χ1v) is 7.36. The first kappa shape index (κ1) is 17.5. The van der Waals surface area contributed by atoms with Gasteiger partial charge in [0.2, 0.25) is 0 Å². The number of methoxy groups -OCH3 is 1. The highest BCUT2D eigenvalue weighted by molar-refractivity contribution is 5.89. The molecule has 1 atom stereocenters. The first-order valence-electron chi connectivity index (χ1n) is 7.36. The van der Waals surface area contributed by atoms with Gasteiger partial charge in [-0.1, -0.05) is 0 Å². The fraction of sp³-hybridized carbons (Fsp3) is 0.588. The standard InChI is InChI=1S/C17H27NO3/c1-12(2)21-16(19)14-7-9-15(10-8-14)18-13(3)11-17(4,5)20-6/h7-10,12-13,18H,11H2,1-6H3. The molecule has 21 heavy (non-hydrogen) atoms. The highest BCUT2D eigenvalue weighted by Crippen LogP contribution is 2.19. The summed E-state index contributed by atoms with van der Waals surface area (Å²) < 4.78 is 10.6. The summed E-state index contributed by atoms with van der Waals surface area (Å²) in [7, 11) is 1.72. The van der Waals surface area contributed by atoms with Crippen LogP contribution in [-0.4, -0.2) is 30.8 Å². The summed E-state index contributed by atoms with van der Waals surface area (Å²) in [6, 6.07) is 7.62. The van der Waals surface area contributed by atoms with Crippen LogP contribution in [0.15, 0.2) is 24.3 Å². The third kappa shape index (κ3) is 6.17. The number of hydrogen-bond donors (Lipinski definition) is 1. The Bertz CT molecular complexity index is 452. The second-order valence-electron chi connectivity index (χ2n) is 6.24. The maximum absolute atomic E-state index is 11.8. The number of benzene rings is 1. The van der Waals surface area contributed by atoms with Crippen molar-refractivity contribution in [2.24, 2.45) is 0 Å². The van der Waals surface area contributed by atoms with Crippen LogP contribution < -0.4 is 5.32 Å². The number of anilines is 1. The molecule has 1 rings (SSSR count). The summed E-state index contributed by atoms with van der Waals surface area (Å²) in [5, 5.41) is 3.41. The van der Waals surface area contributed by atoms with Crippen LogP contribution in [0.2, 0.25) is 0 Å². The molecule has 1 aromatic carbocycles. The molecule has 4 nitrogen and oxygen atoms in total. The van der Waals surface area contributed by atoms with Crippen LogP contribution in [0.1, 0.15) is 51.4 Å². The summed E-state index contributed by atoms with van der Waals surface area (Å²) in [6.07, 6.45) is 0.785. The average Bonchev–Trinajstić information content (AvgIpc) is 2.38. The minimum atomic E-state index is -0.287. The monoisotopic (exact) mass is 293 g/mol. The van der Waals surface area contributed by atoms with Crippen molar-refractivity contribution in [3.05, 3.63) is 29.8 Å². The molecule has 0 saturated carbocycles. The van der Waals surface area contributed by atoms with Crippen molar-refractivity contribution in [3.63, 3.8) is 0 Å². The number of rotatable bonds is 7. The van der Waals surface area contributed by atoms with E-state index in [4.69, 9.17) is 9.47 Å². The van der Waals surface area contributed by atoms with Crippen molar-refractivity contribution in [1.29, 1.82) is 0 Å². The lowest BCUT2D eigenvalue weighted by atomic mass is 9.99. The SMILES string of the molecule is COC(C)(C)CC(C)Nc1ccc(C(=O)OC(C)C)cc1. The van der Waals surface area contributed by atoms with Crippen molar-refractivity contribution in [1.82, 2.24) is 0 Å². The lowest BCUT2D eigenvalue weighted by molar-refractivity contribution is 0.0128. The normalized spacial score (nSPS) is 13.1. The van der Waals surface area contributed by atoms with Crippen LogP contribution in [0.3, 0.4) is 0 Å². The maximum Gasteiger partial charge on any atom is 0.338 e. The molecule has 0 fully saturated rings. The van der Waals surface area contributed by atoms with Gasteiger partial charge in [-0.15, -0.1) is 0 Å². The molecule has 1 unspecified atom stereocenters. The topological polar surface area (TPSA) is 47.6 Å². The Balaban J connectivity index is 2.60. The van der Waals surface area contributed by atoms with E-state index < -0.39 is 0 Å². The van der Waals surface area contributed by atoms with Crippen molar-refractivity contribution in [3.8, 4) is 0 Å². The summed E-state index contributed by atoms with van der Waals surface area (Å²) >= 11 is 0. The van der Waals surface area contributed by atoms with E-state index in [1.807, 2.05) is 26.0 Å². The highest BCUT2D eigenvalue weighted by Gasteiger charge is 2.20. The fourth-order valence-electron chi connectivity index (χ4n) is 2.14. The third-order valence-corrected chi connectivity index (χ3v) is 3.23. The van der Waals surface area contributed by atoms with Crippen molar-refractivity contribution in [2.45, 2.75) is 58.8 Å². The van der Waals surface area contributed by atoms with Gasteiger partial charge >= 0.3 is 5.97 Å². The smallest absolute Gasteiger partial charge is 0.338 e. The number of carbonyl (C=O) groups is 1. The number of ether oxygens (including phenoxy) is 2. The molecule has 0 aliphatic heterocycles. The van der Waals surface area contributed by atoms with Gasteiger partial charge in [-0.2, -0.15) is 0 Å². The van der Waals surface area contributed by atoms with Gasteiger partial charge in [0, 0.05) is 18.8 Å². The molecule has 1 N–H and O–H groups in total. The van der Waals surface area contributed by atoms with Crippen LogP contribution in [0.25, 0.3) is 0 Å². The second kappa shape index (κ2) is 7.46. The number of esters is 1. The molecule has 0 aromatic heterocycles. The van der Waals surface area contributed by atoms with Crippen molar-refractivity contribution in [2.75, 3.05) is 12.4 Å². The summed E-state index contributed by atoms with van der Waals surface area (Å²) in [5.74, 6) is -0.287. The first-order chi connectivity index (χ1) is 9.73. The van der Waals surface area contributed by atoms with E-state index in [0.29, 0.717) is 5.56 Å². The van der Waals surface area contributed by atoms with Gasteiger partial charge in [0.15, 0.2) is 0 Å². The minimum Gasteiger partial charge on any atom is -0.459 e. The van der Waals surface area contributed by atoms with Crippen LogP contribution in [0.4, 0.5) is 5.69 Å². The molecule has 118 valence electrons. The number of carbonyl (C=O) groups excluding carboxylic acids is 1. The molecular formula is C17H27NO3. The van der Waals surface area contributed by atoms with Gasteiger partial charge in [0.25, 0.3) is 0 Å². The van der Waals surface area contributed by atoms with Gasteiger partial charge in [-0.05, 0) is 65.3 Å². The van der Waals surface area contributed by atoms with Gasteiger partial charge < -0.3 is 14.8 Å². The Labute approximate surface area is 127 Å². The molecule has 0 saturated heterocycles. The van der Waals surface area contributed by atoms with E-state index in [2.05, 4.69) is 26.1 Å². The molecule has 0 aliphatic rings. The predicted octanol–water partition coefficient (Wildman–Crippen LogP) is 3.87. The zero-order chi connectivity index (χ0) is 16.0. The zero-order valence-electron chi connectivity index (χ0n) is 13.9. The van der Waals surface area contributed by atoms with Crippen LogP contribution in [0, 0.1) is 0 Å². The van der Waals surface area contributed by atoms with Crippen LogP contribution in [0.5, 0.6) is 0 Å². The number of hydrogen-bond acceptors (Lipinski definition) is 4. The number of nitrogens with one attached hydrogen (secondary N) is 1. The van der Waals surface area contributed by atoms with Crippen molar-refractivity contribution >= 4 is 11.7 Å². The summed E-state index contributed by atoms with van der Waals surface area (Å²) in [6.45, 7) is 9.92.